The number of hydrogen-bond acceptors (Lipinski definition) is 3. The molecule has 158 valence electrons. The van der Waals surface area contributed by atoms with E-state index < -0.39 is 0 Å². The SMILES string of the molecule is Oc1ccc(-c2ccccc2)cc1Br.Oc1ccc(Cl)cc1Cc1cc(Cl)ccc1O. The lowest BCUT2D eigenvalue weighted by Gasteiger charge is -2.07. The van der Waals surface area contributed by atoms with E-state index in [0.29, 0.717) is 27.6 Å². The molecular formula is C25H19BrCl2O3. The average molecular weight is 518 g/mol. The minimum atomic E-state index is 0.147. The highest BCUT2D eigenvalue weighted by atomic mass is 79.9. The zero-order valence-corrected chi connectivity index (χ0v) is 19.4. The van der Waals surface area contributed by atoms with Gasteiger partial charge in [-0.2, -0.15) is 0 Å². The van der Waals surface area contributed by atoms with Crippen LogP contribution < -0.4 is 0 Å². The fourth-order valence-electron chi connectivity index (χ4n) is 2.91. The van der Waals surface area contributed by atoms with Crippen molar-refractivity contribution in [3.63, 3.8) is 0 Å². The zero-order valence-electron chi connectivity index (χ0n) is 16.3. The molecule has 0 unspecified atom stereocenters. The quantitative estimate of drug-likeness (QED) is 0.259. The first kappa shape index (κ1) is 23.0. The van der Waals surface area contributed by atoms with Gasteiger partial charge < -0.3 is 15.3 Å². The number of aromatic hydroxyl groups is 3. The van der Waals surface area contributed by atoms with Crippen LogP contribution in [0.25, 0.3) is 11.1 Å². The van der Waals surface area contributed by atoms with Gasteiger partial charge in [0.05, 0.1) is 4.47 Å². The van der Waals surface area contributed by atoms with E-state index in [4.69, 9.17) is 23.2 Å². The van der Waals surface area contributed by atoms with Crippen molar-refractivity contribution in [2.24, 2.45) is 0 Å². The fourth-order valence-corrected chi connectivity index (χ4v) is 3.68. The van der Waals surface area contributed by atoms with Crippen molar-refractivity contribution in [2.45, 2.75) is 6.42 Å². The van der Waals surface area contributed by atoms with E-state index in [1.807, 2.05) is 42.5 Å². The summed E-state index contributed by atoms with van der Waals surface area (Å²) in [6.45, 7) is 0. The molecule has 0 aliphatic rings. The van der Waals surface area contributed by atoms with Gasteiger partial charge in [-0.25, -0.2) is 0 Å². The summed E-state index contributed by atoms with van der Waals surface area (Å²) in [7, 11) is 0. The molecule has 3 N–H and O–H groups in total. The Labute approximate surface area is 199 Å². The van der Waals surface area contributed by atoms with Crippen LogP contribution in [0.15, 0.2) is 89.4 Å². The number of phenolic OH excluding ortho intramolecular Hbond substituents is 3. The van der Waals surface area contributed by atoms with Gasteiger partial charge in [0.25, 0.3) is 0 Å². The van der Waals surface area contributed by atoms with Crippen LogP contribution in [-0.4, -0.2) is 15.3 Å². The Morgan fingerprint density at radius 3 is 1.61 bits per heavy atom. The van der Waals surface area contributed by atoms with Crippen LogP contribution in [0.2, 0.25) is 10.0 Å². The summed E-state index contributed by atoms with van der Waals surface area (Å²) in [5.74, 6) is 0.562. The molecule has 3 nitrogen and oxygen atoms in total. The molecular weight excluding hydrogens is 499 g/mol. The topological polar surface area (TPSA) is 60.7 Å². The molecule has 6 heteroatoms. The summed E-state index contributed by atoms with van der Waals surface area (Å²) >= 11 is 15.0. The minimum Gasteiger partial charge on any atom is -0.508 e. The van der Waals surface area contributed by atoms with Crippen LogP contribution in [0.4, 0.5) is 0 Å². The molecule has 0 spiro atoms. The first-order valence-corrected chi connectivity index (χ1v) is 10.9. The molecule has 0 amide bonds. The molecule has 0 fully saturated rings. The lowest BCUT2D eigenvalue weighted by Crippen LogP contribution is -1.90. The predicted octanol–water partition coefficient (Wildman–Crippen LogP) is 7.82. The van der Waals surface area contributed by atoms with E-state index >= 15 is 0 Å². The predicted molar refractivity (Wildman–Crippen MR) is 130 cm³/mol. The van der Waals surface area contributed by atoms with Crippen molar-refractivity contribution in [1.82, 2.24) is 0 Å². The van der Waals surface area contributed by atoms with E-state index in [-0.39, 0.29) is 17.2 Å². The standard InChI is InChI=1S/C13H10Cl2O2.C12H9BrO/c14-10-1-3-12(16)8(6-10)5-9-7-11(15)2-4-13(9)17;13-11-8-10(6-7-12(11)14)9-4-2-1-3-5-9/h1-4,6-7,16-17H,5H2;1-8,14H. The second-order valence-electron chi connectivity index (χ2n) is 6.76. The zero-order chi connectivity index (χ0) is 22.4. The van der Waals surface area contributed by atoms with E-state index in [2.05, 4.69) is 15.9 Å². The highest BCUT2D eigenvalue weighted by molar-refractivity contribution is 9.10. The van der Waals surface area contributed by atoms with Crippen molar-refractivity contribution in [2.75, 3.05) is 0 Å². The van der Waals surface area contributed by atoms with Gasteiger partial charge in [0.1, 0.15) is 17.2 Å². The van der Waals surface area contributed by atoms with Gasteiger partial charge in [-0.3, -0.25) is 0 Å². The largest absolute Gasteiger partial charge is 0.508 e. The third-order valence-corrected chi connectivity index (χ3v) is 5.62. The summed E-state index contributed by atoms with van der Waals surface area (Å²) < 4.78 is 0.721. The normalized spacial score (nSPS) is 10.3. The first-order chi connectivity index (χ1) is 14.8. The molecule has 0 aromatic heterocycles. The number of benzene rings is 4. The van der Waals surface area contributed by atoms with Crippen LogP contribution >= 0.6 is 39.1 Å². The maximum atomic E-state index is 9.68. The van der Waals surface area contributed by atoms with Crippen molar-refractivity contribution in [1.29, 1.82) is 0 Å². The van der Waals surface area contributed by atoms with Crippen LogP contribution in [-0.2, 0) is 6.42 Å². The van der Waals surface area contributed by atoms with E-state index in [0.717, 1.165) is 15.6 Å². The number of halogens is 3. The highest BCUT2D eigenvalue weighted by Gasteiger charge is 2.08. The van der Waals surface area contributed by atoms with Gasteiger partial charge in [-0.05, 0) is 86.7 Å². The van der Waals surface area contributed by atoms with Crippen LogP contribution in [0, 0.1) is 0 Å². The summed E-state index contributed by atoms with van der Waals surface area (Å²) in [4.78, 5) is 0. The van der Waals surface area contributed by atoms with Crippen LogP contribution in [0.3, 0.4) is 0 Å². The summed E-state index contributed by atoms with van der Waals surface area (Å²) in [6.07, 6.45) is 0.374. The molecule has 0 radical (unpaired) electrons. The minimum absolute atomic E-state index is 0.147. The molecule has 4 aromatic rings. The van der Waals surface area contributed by atoms with Gasteiger partial charge in [0.15, 0.2) is 0 Å². The fraction of sp³-hybridized carbons (Fsp3) is 0.0400. The Hall–Kier alpha value is -2.66. The number of hydrogen-bond donors (Lipinski definition) is 3. The molecule has 0 aliphatic carbocycles. The highest BCUT2D eigenvalue weighted by Crippen LogP contribution is 2.30. The Morgan fingerprint density at radius 1 is 0.581 bits per heavy atom. The van der Waals surface area contributed by atoms with E-state index in [1.54, 1.807) is 30.3 Å². The van der Waals surface area contributed by atoms with Crippen LogP contribution in [0.5, 0.6) is 17.2 Å². The lowest BCUT2D eigenvalue weighted by atomic mass is 10.0. The second-order valence-corrected chi connectivity index (χ2v) is 8.48. The average Bonchev–Trinajstić information content (AvgIpc) is 2.76. The molecule has 0 saturated carbocycles. The van der Waals surface area contributed by atoms with Gasteiger partial charge >= 0.3 is 0 Å². The van der Waals surface area contributed by atoms with Gasteiger partial charge in [-0.15, -0.1) is 0 Å². The summed E-state index contributed by atoms with van der Waals surface area (Å²) in [5, 5.41) is 29.8. The number of phenols is 3. The maximum absolute atomic E-state index is 9.68. The Balaban J connectivity index is 0.000000179. The Kier molecular flexibility index (Phi) is 7.85. The third-order valence-electron chi connectivity index (χ3n) is 4.52. The summed E-state index contributed by atoms with van der Waals surface area (Å²) in [6, 6.07) is 25.2. The van der Waals surface area contributed by atoms with E-state index in [1.165, 1.54) is 12.1 Å². The monoisotopic (exact) mass is 516 g/mol. The molecule has 0 aliphatic heterocycles. The molecule has 0 heterocycles. The smallest absolute Gasteiger partial charge is 0.129 e. The van der Waals surface area contributed by atoms with Gasteiger partial charge in [0.2, 0.25) is 0 Å². The molecule has 0 atom stereocenters. The second kappa shape index (κ2) is 10.6. The van der Waals surface area contributed by atoms with Gasteiger partial charge in [-0.1, -0.05) is 59.6 Å². The first-order valence-electron chi connectivity index (χ1n) is 9.32. The van der Waals surface area contributed by atoms with Crippen molar-refractivity contribution >= 4 is 39.1 Å². The third kappa shape index (κ3) is 6.41. The summed E-state index contributed by atoms with van der Waals surface area (Å²) in [5.41, 5.74) is 3.54. The molecule has 0 bridgehead atoms. The molecule has 31 heavy (non-hydrogen) atoms. The number of rotatable bonds is 3. The molecule has 0 saturated heterocycles. The van der Waals surface area contributed by atoms with Gasteiger partial charge in [0, 0.05) is 16.5 Å². The van der Waals surface area contributed by atoms with Crippen molar-refractivity contribution in [3.8, 4) is 28.4 Å². The van der Waals surface area contributed by atoms with Crippen LogP contribution in [0.1, 0.15) is 11.1 Å². The van der Waals surface area contributed by atoms with E-state index in [9.17, 15) is 15.3 Å². The Bertz CT molecular complexity index is 1130. The maximum Gasteiger partial charge on any atom is 0.129 e. The van der Waals surface area contributed by atoms with Crippen molar-refractivity contribution < 1.29 is 15.3 Å². The molecule has 4 aromatic carbocycles. The Morgan fingerprint density at radius 2 is 1.10 bits per heavy atom. The van der Waals surface area contributed by atoms with Crippen molar-refractivity contribution in [3.05, 3.63) is 111 Å². The molecule has 4 rings (SSSR count). The lowest BCUT2D eigenvalue weighted by molar-refractivity contribution is 0.463.